The van der Waals surface area contributed by atoms with Gasteiger partial charge in [-0.3, -0.25) is 9.36 Å². The molecule has 0 saturated carbocycles. The lowest BCUT2D eigenvalue weighted by Crippen LogP contribution is -2.22. The van der Waals surface area contributed by atoms with Gasteiger partial charge < -0.3 is 9.47 Å². The third-order valence-corrected chi connectivity index (χ3v) is 6.06. The molecule has 0 aliphatic rings. The fourth-order valence-electron chi connectivity index (χ4n) is 2.77. The molecule has 0 amide bonds. The molecule has 0 bridgehead atoms. The summed E-state index contributed by atoms with van der Waals surface area (Å²) in [7, 11) is 3.14. The monoisotopic (exact) mass is 479 g/mol. The zero-order valence-electron chi connectivity index (χ0n) is 17.9. The van der Waals surface area contributed by atoms with Crippen LogP contribution in [0.25, 0.3) is 17.1 Å². The molecule has 6 nitrogen and oxygen atoms in total. The van der Waals surface area contributed by atoms with E-state index < -0.39 is 5.41 Å². The van der Waals surface area contributed by atoms with Gasteiger partial charge in [0.25, 0.3) is 0 Å². The normalized spacial score (nSPS) is 11.5. The largest absolute Gasteiger partial charge is 0.496 e. The Labute approximate surface area is 195 Å². The van der Waals surface area contributed by atoms with Crippen molar-refractivity contribution < 1.29 is 14.3 Å². The van der Waals surface area contributed by atoms with E-state index in [4.69, 9.17) is 32.7 Å². The van der Waals surface area contributed by atoms with Crippen molar-refractivity contribution in [2.45, 2.75) is 25.9 Å². The fourth-order valence-corrected chi connectivity index (χ4v) is 4.30. The summed E-state index contributed by atoms with van der Waals surface area (Å²) in [5, 5.41) is 10.3. The molecule has 0 unspecified atom stereocenters. The highest BCUT2D eigenvalue weighted by molar-refractivity contribution is 7.99. The van der Waals surface area contributed by atoms with Crippen molar-refractivity contribution in [2.75, 3.05) is 20.0 Å². The number of ether oxygens (including phenoxy) is 2. The van der Waals surface area contributed by atoms with Gasteiger partial charge in [0.1, 0.15) is 17.3 Å². The zero-order valence-corrected chi connectivity index (χ0v) is 20.2. The molecule has 0 fully saturated rings. The van der Waals surface area contributed by atoms with Gasteiger partial charge in [-0.1, -0.05) is 55.7 Å². The summed E-state index contributed by atoms with van der Waals surface area (Å²) >= 11 is 13.9. The quantitative estimate of drug-likeness (QED) is 0.389. The summed E-state index contributed by atoms with van der Waals surface area (Å²) in [6.45, 7) is 5.68. The molecule has 31 heavy (non-hydrogen) atoms. The number of halogens is 2. The molecular formula is C22H23Cl2N3O3S. The molecule has 1 heterocycles. The number of carbonyl (C=O) groups excluding carboxylic acids is 1. The first-order valence-corrected chi connectivity index (χ1v) is 11.2. The van der Waals surface area contributed by atoms with E-state index in [0.717, 1.165) is 5.69 Å². The van der Waals surface area contributed by atoms with Gasteiger partial charge >= 0.3 is 0 Å². The van der Waals surface area contributed by atoms with Crippen LogP contribution in [-0.2, 0) is 4.79 Å². The van der Waals surface area contributed by atoms with Crippen LogP contribution in [0.2, 0.25) is 10.0 Å². The predicted octanol–water partition coefficient (Wildman–Crippen LogP) is 5.97. The average molecular weight is 480 g/mol. The Balaban J connectivity index is 2.15. The lowest BCUT2D eigenvalue weighted by molar-refractivity contribution is -0.123. The number of hydrogen-bond acceptors (Lipinski definition) is 6. The number of rotatable bonds is 7. The van der Waals surface area contributed by atoms with E-state index in [2.05, 4.69) is 10.2 Å². The Morgan fingerprint density at radius 3 is 2.32 bits per heavy atom. The standard InChI is InChI=1S/C22H23Cl2N3O3S/c1-22(2,3)19(28)12-31-21-26-25-20(15-10-13(23)6-8-17(15)29-4)27(21)14-7-9-18(30-5)16(24)11-14/h6-11H,12H2,1-5H3. The van der Waals surface area contributed by atoms with Crippen molar-refractivity contribution in [3.05, 3.63) is 46.4 Å². The molecule has 0 saturated heterocycles. The summed E-state index contributed by atoms with van der Waals surface area (Å²) in [6, 6.07) is 10.7. The van der Waals surface area contributed by atoms with E-state index in [-0.39, 0.29) is 11.5 Å². The number of thioether (sulfide) groups is 1. The highest BCUT2D eigenvalue weighted by Crippen LogP contribution is 2.37. The fraction of sp³-hybridized carbons (Fsp3) is 0.318. The maximum absolute atomic E-state index is 12.5. The highest BCUT2D eigenvalue weighted by atomic mass is 35.5. The molecule has 3 rings (SSSR count). The molecule has 0 spiro atoms. The summed E-state index contributed by atoms with van der Waals surface area (Å²) in [5.41, 5.74) is 0.947. The van der Waals surface area contributed by atoms with Gasteiger partial charge in [0.2, 0.25) is 0 Å². The minimum Gasteiger partial charge on any atom is -0.496 e. The highest BCUT2D eigenvalue weighted by Gasteiger charge is 2.24. The van der Waals surface area contributed by atoms with Gasteiger partial charge in [0.15, 0.2) is 11.0 Å². The molecule has 0 N–H and O–H groups in total. The molecule has 0 aliphatic heterocycles. The SMILES string of the molecule is COc1ccc(-n2c(SCC(=O)C(C)(C)C)nnc2-c2cc(Cl)ccc2OC)cc1Cl. The Kier molecular flexibility index (Phi) is 7.19. The van der Waals surface area contributed by atoms with Gasteiger partial charge in [-0.25, -0.2) is 0 Å². The second-order valence-corrected chi connectivity index (χ2v) is 9.55. The topological polar surface area (TPSA) is 66.2 Å². The third-order valence-electron chi connectivity index (χ3n) is 4.60. The van der Waals surface area contributed by atoms with E-state index in [1.54, 1.807) is 44.6 Å². The second-order valence-electron chi connectivity index (χ2n) is 7.77. The summed E-state index contributed by atoms with van der Waals surface area (Å²) < 4.78 is 12.6. The van der Waals surface area contributed by atoms with Gasteiger partial charge in [-0.05, 0) is 36.4 Å². The summed E-state index contributed by atoms with van der Waals surface area (Å²) in [4.78, 5) is 12.5. The Morgan fingerprint density at radius 2 is 1.71 bits per heavy atom. The van der Waals surface area contributed by atoms with Gasteiger partial charge in [-0.2, -0.15) is 0 Å². The molecule has 0 atom stereocenters. The molecule has 2 aromatic carbocycles. The smallest absolute Gasteiger partial charge is 0.196 e. The van der Waals surface area contributed by atoms with E-state index in [1.165, 1.54) is 11.8 Å². The van der Waals surface area contributed by atoms with Crippen LogP contribution in [-0.4, -0.2) is 40.5 Å². The van der Waals surface area contributed by atoms with Crippen molar-refractivity contribution in [1.29, 1.82) is 0 Å². The van der Waals surface area contributed by atoms with Crippen molar-refractivity contribution >= 4 is 40.7 Å². The minimum atomic E-state index is -0.444. The second kappa shape index (κ2) is 9.51. The molecule has 3 aromatic rings. The third kappa shape index (κ3) is 5.17. The summed E-state index contributed by atoms with van der Waals surface area (Å²) in [6.07, 6.45) is 0. The first-order valence-electron chi connectivity index (χ1n) is 9.45. The van der Waals surface area contributed by atoms with Crippen LogP contribution in [0.3, 0.4) is 0 Å². The van der Waals surface area contributed by atoms with Gasteiger partial charge in [0, 0.05) is 10.4 Å². The number of carbonyl (C=O) groups is 1. The minimum absolute atomic E-state index is 0.113. The van der Waals surface area contributed by atoms with Crippen LogP contribution in [0.5, 0.6) is 11.5 Å². The molecule has 164 valence electrons. The number of nitrogens with zero attached hydrogens (tertiary/aromatic N) is 3. The number of aromatic nitrogens is 3. The van der Waals surface area contributed by atoms with E-state index in [0.29, 0.717) is 38.1 Å². The molecular weight excluding hydrogens is 457 g/mol. The zero-order chi connectivity index (χ0) is 22.8. The van der Waals surface area contributed by atoms with E-state index >= 15 is 0 Å². The molecule has 9 heteroatoms. The van der Waals surface area contributed by atoms with Crippen LogP contribution in [0.15, 0.2) is 41.6 Å². The van der Waals surface area contributed by atoms with Crippen LogP contribution in [0, 0.1) is 5.41 Å². The number of ketones is 1. The maximum atomic E-state index is 12.5. The number of benzene rings is 2. The van der Waals surface area contributed by atoms with Crippen LogP contribution >= 0.6 is 35.0 Å². The van der Waals surface area contributed by atoms with Gasteiger partial charge in [-0.15, -0.1) is 10.2 Å². The van der Waals surface area contributed by atoms with Gasteiger partial charge in [0.05, 0.1) is 36.2 Å². The van der Waals surface area contributed by atoms with E-state index in [1.807, 2.05) is 31.4 Å². The maximum Gasteiger partial charge on any atom is 0.196 e. The first-order chi connectivity index (χ1) is 14.7. The van der Waals surface area contributed by atoms with Crippen molar-refractivity contribution in [2.24, 2.45) is 5.41 Å². The first kappa shape index (κ1) is 23.4. The summed E-state index contributed by atoms with van der Waals surface area (Å²) in [5.74, 6) is 2.04. The van der Waals surface area contributed by atoms with Crippen LogP contribution < -0.4 is 9.47 Å². The number of Topliss-reactive ketones (excluding diaryl/α,β-unsaturated/α-hetero) is 1. The van der Waals surface area contributed by atoms with Crippen LogP contribution in [0.1, 0.15) is 20.8 Å². The number of hydrogen-bond donors (Lipinski definition) is 0. The van der Waals surface area contributed by atoms with Crippen LogP contribution in [0.4, 0.5) is 0 Å². The Morgan fingerprint density at radius 1 is 1.03 bits per heavy atom. The lowest BCUT2D eigenvalue weighted by Gasteiger charge is -2.17. The van der Waals surface area contributed by atoms with Crippen molar-refractivity contribution in [3.8, 4) is 28.6 Å². The average Bonchev–Trinajstić information content (AvgIpc) is 3.14. The predicted molar refractivity (Wildman–Crippen MR) is 125 cm³/mol. The number of methoxy groups -OCH3 is 2. The van der Waals surface area contributed by atoms with Crippen molar-refractivity contribution in [1.82, 2.24) is 14.8 Å². The Bertz CT molecular complexity index is 1110. The Hall–Kier alpha value is -2.22. The molecule has 1 aromatic heterocycles. The van der Waals surface area contributed by atoms with E-state index in [9.17, 15) is 4.79 Å². The van der Waals surface area contributed by atoms with Crippen molar-refractivity contribution in [3.63, 3.8) is 0 Å². The lowest BCUT2D eigenvalue weighted by atomic mass is 9.92. The molecule has 0 aliphatic carbocycles. The molecule has 0 radical (unpaired) electrons.